The Hall–Kier alpha value is -1.96. The zero-order valence-corrected chi connectivity index (χ0v) is 10.2. The van der Waals surface area contributed by atoms with E-state index < -0.39 is 0 Å². The molecule has 0 fully saturated rings. The normalized spacial score (nSPS) is 10.0. The van der Waals surface area contributed by atoms with Crippen LogP contribution in [0, 0.1) is 6.92 Å². The summed E-state index contributed by atoms with van der Waals surface area (Å²) in [6.45, 7) is 2.67. The van der Waals surface area contributed by atoms with Gasteiger partial charge in [0.2, 0.25) is 0 Å². The van der Waals surface area contributed by atoms with Crippen molar-refractivity contribution in [2.75, 3.05) is 12.4 Å². The van der Waals surface area contributed by atoms with Gasteiger partial charge in [0, 0.05) is 7.05 Å². The monoisotopic (exact) mass is 227 g/mol. The summed E-state index contributed by atoms with van der Waals surface area (Å²) in [4.78, 5) is 0. The Bertz CT molecular complexity index is 480. The molecule has 0 aliphatic carbocycles. The van der Waals surface area contributed by atoms with Crippen molar-refractivity contribution >= 4 is 5.69 Å². The van der Waals surface area contributed by atoms with Crippen molar-refractivity contribution in [3.05, 3.63) is 59.7 Å². The summed E-state index contributed by atoms with van der Waals surface area (Å²) in [7, 11) is 1.91. The average Bonchev–Trinajstić information content (AvgIpc) is 2.37. The molecule has 0 aliphatic rings. The summed E-state index contributed by atoms with van der Waals surface area (Å²) in [6.07, 6.45) is 0. The average molecular weight is 227 g/mol. The quantitative estimate of drug-likeness (QED) is 0.861. The van der Waals surface area contributed by atoms with Crippen LogP contribution in [0.5, 0.6) is 5.75 Å². The van der Waals surface area contributed by atoms with Crippen molar-refractivity contribution in [3.8, 4) is 5.75 Å². The third-order valence-electron chi connectivity index (χ3n) is 2.72. The molecular formula is C15H17NO. The molecule has 2 aromatic carbocycles. The molecule has 0 amide bonds. The van der Waals surface area contributed by atoms with Gasteiger partial charge in [-0.25, -0.2) is 0 Å². The Balaban J connectivity index is 2.12. The van der Waals surface area contributed by atoms with E-state index in [0.29, 0.717) is 6.61 Å². The molecule has 88 valence electrons. The second-order valence-electron chi connectivity index (χ2n) is 3.97. The van der Waals surface area contributed by atoms with Crippen LogP contribution in [0.1, 0.15) is 11.1 Å². The van der Waals surface area contributed by atoms with Gasteiger partial charge in [-0.1, -0.05) is 42.5 Å². The van der Waals surface area contributed by atoms with Crippen molar-refractivity contribution in [3.63, 3.8) is 0 Å². The van der Waals surface area contributed by atoms with Gasteiger partial charge in [0.1, 0.15) is 12.4 Å². The number of hydrogen-bond acceptors (Lipinski definition) is 2. The largest absolute Gasteiger partial charge is 0.487 e. The van der Waals surface area contributed by atoms with Crippen LogP contribution in [-0.2, 0) is 6.61 Å². The molecule has 1 N–H and O–H groups in total. The topological polar surface area (TPSA) is 21.3 Å². The smallest absolute Gasteiger partial charge is 0.143 e. The molecule has 0 spiro atoms. The van der Waals surface area contributed by atoms with E-state index in [0.717, 1.165) is 11.4 Å². The standard InChI is InChI=1S/C15H17NO/c1-12-7-6-10-14(15(12)16-2)17-11-13-8-4-3-5-9-13/h3-10,16H,11H2,1-2H3. The van der Waals surface area contributed by atoms with E-state index in [1.165, 1.54) is 11.1 Å². The highest BCUT2D eigenvalue weighted by atomic mass is 16.5. The molecule has 2 rings (SSSR count). The van der Waals surface area contributed by atoms with Crippen LogP contribution in [0.3, 0.4) is 0 Å². The first-order chi connectivity index (χ1) is 8.31. The van der Waals surface area contributed by atoms with E-state index in [9.17, 15) is 0 Å². The van der Waals surface area contributed by atoms with E-state index >= 15 is 0 Å². The van der Waals surface area contributed by atoms with Crippen LogP contribution in [0.2, 0.25) is 0 Å². The third kappa shape index (κ3) is 2.78. The summed E-state index contributed by atoms with van der Waals surface area (Å²) >= 11 is 0. The lowest BCUT2D eigenvalue weighted by Gasteiger charge is -2.13. The number of ether oxygens (including phenoxy) is 1. The fourth-order valence-corrected chi connectivity index (χ4v) is 1.82. The van der Waals surface area contributed by atoms with E-state index in [2.05, 4.69) is 30.4 Å². The van der Waals surface area contributed by atoms with Crippen molar-refractivity contribution in [2.45, 2.75) is 13.5 Å². The lowest BCUT2D eigenvalue weighted by atomic mass is 10.2. The number of anilines is 1. The molecule has 2 nitrogen and oxygen atoms in total. The minimum Gasteiger partial charge on any atom is -0.487 e. The Kier molecular flexibility index (Phi) is 3.66. The Morgan fingerprint density at radius 2 is 1.76 bits per heavy atom. The number of aryl methyl sites for hydroxylation is 1. The van der Waals surface area contributed by atoms with E-state index in [4.69, 9.17) is 4.74 Å². The molecule has 0 atom stereocenters. The Morgan fingerprint density at radius 1 is 1.00 bits per heavy atom. The first-order valence-electron chi connectivity index (χ1n) is 5.75. The van der Waals surface area contributed by atoms with Crippen LogP contribution >= 0.6 is 0 Å². The molecule has 2 heteroatoms. The number of para-hydroxylation sites is 1. The Morgan fingerprint density at radius 3 is 2.47 bits per heavy atom. The molecular weight excluding hydrogens is 210 g/mol. The van der Waals surface area contributed by atoms with Crippen LogP contribution in [0.25, 0.3) is 0 Å². The first kappa shape index (κ1) is 11.5. The molecule has 0 bridgehead atoms. The van der Waals surface area contributed by atoms with Gasteiger partial charge in [-0.15, -0.1) is 0 Å². The maximum absolute atomic E-state index is 5.83. The minimum absolute atomic E-state index is 0.596. The summed E-state index contributed by atoms with van der Waals surface area (Å²) < 4.78 is 5.83. The predicted octanol–water partition coefficient (Wildman–Crippen LogP) is 3.62. The number of rotatable bonds is 4. The highest BCUT2D eigenvalue weighted by molar-refractivity contribution is 5.61. The van der Waals surface area contributed by atoms with Gasteiger partial charge in [0.25, 0.3) is 0 Å². The van der Waals surface area contributed by atoms with Gasteiger partial charge >= 0.3 is 0 Å². The first-order valence-corrected chi connectivity index (χ1v) is 5.75. The summed E-state index contributed by atoms with van der Waals surface area (Å²) in [5.74, 6) is 0.899. The van der Waals surface area contributed by atoms with Gasteiger partial charge in [0.15, 0.2) is 0 Å². The fourth-order valence-electron chi connectivity index (χ4n) is 1.82. The van der Waals surface area contributed by atoms with E-state index in [1.807, 2.05) is 37.4 Å². The molecule has 0 heterocycles. The van der Waals surface area contributed by atoms with Crippen molar-refractivity contribution in [2.24, 2.45) is 0 Å². The summed E-state index contributed by atoms with van der Waals surface area (Å²) in [6, 6.07) is 16.3. The third-order valence-corrected chi connectivity index (χ3v) is 2.72. The molecule has 0 radical (unpaired) electrons. The minimum atomic E-state index is 0.596. The Labute approximate surface area is 102 Å². The molecule has 2 aromatic rings. The number of hydrogen-bond donors (Lipinski definition) is 1. The summed E-state index contributed by atoms with van der Waals surface area (Å²) in [5, 5.41) is 3.18. The molecule has 0 aliphatic heterocycles. The van der Waals surface area contributed by atoms with Crippen LogP contribution in [0.4, 0.5) is 5.69 Å². The van der Waals surface area contributed by atoms with E-state index in [1.54, 1.807) is 0 Å². The SMILES string of the molecule is CNc1c(C)cccc1OCc1ccccc1. The van der Waals surface area contributed by atoms with E-state index in [-0.39, 0.29) is 0 Å². The second-order valence-corrected chi connectivity index (χ2v) is 3.97. The van der Waals surface area contributed by atoms with Gasteiger partial charge < -0.3 is 10.1 Å². The van der Waals surface area contributed by atoms with Gasteiger partial charge in [-0.3, -0.25) is 0 Å². The molecule has 0 saturated carbocycles. The van der Waals surface area contributed by atoms with Crippen LogP contribution in [-0.4, -0.2) is 7.05 Å². The van der Waals surface area contributed by atoms with Crippen LogP contribution in [0.15, 0.2) is 48.5 Å². The van der Waals surface area contributed by atoms with Crippen molar-refractivity contribution in [1.29, 1.82) is 0 Å². The molecule has 17 heavy (non-hydrogen) atoms. The zero-order valence-electron chi connectivity index (χ0n) is 10.2. The molecule has 0 aromatic heterocycles. The number of nitrogens with one attached hydrogen (secondary N) is 1. The van der Waals surface area contributed by atoms with Crippen LogP contribution < -0.4 is 10.1 Å². The van der Waals surface area contributed by atoms with Crippen molar-refractivity contribution < 1.29 is 4.74 Å². The van der Waals surface area contributed by atoms with Gasteiger partial charge in [0.05, 0.1) is 5.69 Å². The summed E-state index contributed by atoms with van der Waals surface area (Å²) in [5.41, 5.74) is 3.43. The molecule has 0 saturated heterocycles. The van der Waals surface area contributed by atoms with Gasteiger partial charge in [-0.05, 0) is 24.1 Å². The highest BCUT2D eigenvalue weighted by Gasteiger charge is 2.04. The lowest BCUT2D eigenvalue weighted by molar-refractivity contribution is 0.307. The highest BCUT2D eigenvalue weighted by Crippen LogP contribution is 2.28. The molecule has 0 unspecified atom stereocenters. The number of benzene rings is 2. The maximum Gasteiger partial charge on any atom is 0.143 e. The van der Waals surface area contributed by atoms with Crippen molar-refractivity contribution in [1.82, 2.24) is 0 Å². The maximum atomic E-state index is 5.83. The fraction of sp³-hybridized carbons (Fsp3) is 0.200. The lowest BCUT2D eigenvalue weighted by Crippen LogP contribution is -2.00. The second kappa shape index (κ2) is 5.39. The van der Waals surface area contributed by atoms with Gasteiger partial charge in [-0.2, -0.15) is 0 Å². The zero-order chi connectivity index (χ0) is 12.1. The predicted molar refractivity (Wildman–Crippen MR) is 71.5 cm³/mol.